The fourth-order valence-corrected chi connectivity index (χ4v) is 1.40. The second-order valence-electron chi connectivity index (χ2n) is 2.60. The summed E-state index contributed by atoms with van der Waals surface area (Å²) in [6.07, 6.45) is 2.26. The van der Waals surface area contributed by atoms with Crippen molar-refractivity contribution in [2.45, 2.75) is 13.3 Å². The summed E-state index contributed by atoms with van der Waals surface area (Å²) < 4.78 is 5.43. The van der Waals surface area contributed by atoms with Crippen LogP contribution in [0.3, 0.4) is 0 Å². The van der Waals surface area contributed by atoms with Crippen LogP contribution in [-0.2, 0) is 4.74 Å². The molecule has 0 spiro atoms. The lowest BCUT2D eigenvalue weighted by atomic mass is 10.3. The van der Waals surface area contributed by atoms with Crippen LogP contribution in [0.5, 0.6) is 0 Å². The molecule has 0 N–H and O–H groups in total. The highest BCUT2D eigenvalue weighted by molar-refractivity contribution is 9.10. The predicted molar refractivity (Wildman–Crippen MR) is 57.5 cm³/mol. The number of aromatic nitrogens is 1. The van der Waals surface area contributed by atoms with Crippen LogP contribution in [0, 0.1) is 0 Å². The number of carbonyl (C=O) groups is 1. The number of pyridine rings is 1. The number of rotatable bonds is 3. The first kappa shape index (κ1) is 11.5. The Morgan fingerprint density at radius 2 is 2.43 bits per heavy atom. The summed E-state index contributed by atoms with van der Waals surface area (Å²) in [5.41, 5.74) is 0.401. The Kier molecular flexibility index (Phi) is 4.35. The lowest BCUT2D eigenvalue weighted by molar-refractivity contribution is 0.0504. The third kappa shape index (κ3) is 2.69. The molecule has 5 heteroatoms. The molecule has 0 unspecified atom stereocenters. The van der Waals surface area contributed by atoms with Gasteiger partial charge >= 0.3 is 5.97 Å². The van der Waals surface area contributed by atoms with E-state index in [0.29, 0.717) is 16.6 Å². The molecule has 0 saturated carbocycles. The van der Waals surface area contributed by atoms with Gasteiger partial charge in [0.25, 0.3) is 0 Å². The van der Waals surface area contributed by atoms with E-state index in [0.717, 1.165) is 6.42 Å². The van der Waals surface area contributed by atoms with Gasteiger partial charge in [0, 0.05) is 6.20 Å². The zero-order valence-corrected chi connectivity index (χ0v) is 9.93. The Morgan fingerprint density at radius 3 is 3.07 bits per heavy atom. The number of halogens is 2. The van der Waals surface area contributed by atoms with Gasteiger partial charge in [-0.05, 0) is 28.4 Å². The molecule has 14 heavy (non-hydrogen) atoms. The maximum Gasteiger partial charge on any atom is 0.339 e. The van der Waals surface area contributed by atoms with Gasteiger partial charge in [-0.2, -0.15) is 0 Å². The van der Waals surface area contributed by atoms with Crippen molar-refractivity contribution in [3.63, 3.8) is 0 Å². The van der Waals surface area contributed by atoms with Gasteiger partial charge in [-0.1, -0.05) is 18.5 Å². The number of esters is 1. The molecular weight excluding hydrogens is 269 g/mol. The molecule has 1 heterocycles. The minimum Gasteiger partial charge on any atom is -0.462 e. The Balaban J connectivity index is 2.84. The molecule has 1 rings (SSSR count). The van der Waals surface area contributed by atoms with Gasteiger partial charge in [-0.25, -0.2) is 9.78 Å². The molecule has 0 saturated heterocycles. The molecule has 0 amide bonds. The van der Waals surface area contributed by atoms with Crippen molar-refractivity contribution in [3.05, 3.63) is 27.5 Å². The van der Waals surface area contributed by atoms with Crippen LogP contribution in [-0.4, -0.2) is 17.6 Å². The summed E-state index contributed by atoms with van der Waals surface area (Å²) in [4.78, 5) is 15.3. The standard InChI is InChI=1S/C9H9BrClNO2/c1-2-5-14-9(13)6-3-4-12-8(11)7(6)10/h3-4H,2,5H2,1H3. The molecule has 0 aliphatic heterocycles. The summed E-state index contributed by atoms with van der Waals surface area (Å²) in [5, 5.41) is 0.260. The molecule has 76 valence electrons. The van der Waals surface area contributed by atoms with Crippen molar-refractivity contribution in [3.8, 4) is 0 Å². The summed E-state index contributed by atoms with van der Waals surface area (Å²) >= 11 is 8.90. The molecule has 0 atom stereocenters. The normalized spacial score (nSPS) is 9.93. The molecule has 0 aromatic carbocycles. The number of hydrogen-bond donors (Lipinski definition) is 0. The second kappa shape index (κ2) is 5.32. The van der Waals surface area contributed by atoms with E-state index in [-0.39, 0.29) is 11.1 Å². The van der Waals surface area contributed by atoms with Crippen molar-refractivity contribution in [1.29, 1.82) is 0 Å². The molecule has 1 aromatic heterocycles. The van der Waals surface area contributed by atoms with Gasteiger partial charge in [0.2, 0.25) is 0 Å². The number of carbonyl (C=O) groups excluding carboxylic acids is 1. The van der Waals surface area contributed by atoms with Gasteiger partial charge in [-0.15, -0.1) is 0 Å². The minimum atomic E-state index is -0.386. The Hall–Kier alpha value is -0.610. The second-order valence-corrected chi connectivity index (χ2v) is 3.75. The summed E-state index contributed by atoms with van der Waals surface area (Å²) in [6.45, 7) is 2.34. The SMILES string of the molecule is CCCOC(=O)c1ccnc(Cl)c1Br. The van der Waals surface area contributed by atoms with E-state index >= 15 is 0 Å². The first-order valence-electron chi connectivity index (χ1n) is 4.14. The monoisotopic (exact) mass is 277 g/mol. The maximum atomic E-state index is 11.4. The average molecular weight is 279 g/mol. The molecule has 0 radical (unpaired) electrons. The van der Waals surface area contributed by atoms with Crippen LogP contribution in [0.2, 0.25) is 5.15 Å². The van der Waals surface area contributed by atoms with Gasteiger partial charge in [-0.3, -0.25) is 0 Å². The van der Waals surface area contributed by atoms with E-state index < -0.39 is 0 Å². The fraction of sp³-hybridized carbons (Fsp3) is 0.333. The highest BCUT2D eigenvalue weighted by atomic mass is 79.9. The van der Waals surface area contributed by atoms with Crippen LogP contribution < -0.4 is 0 Å². The molecule has 0 fully saturated rings. The van der Waals surface area contributed by atoms with E-state index in [9.17, 15) is 4.79 Å². The maximum absolute atomic E-state index is 11.4. The summed E-state index contributed by atoms with van der Waals surface area (Å²) in [5.74, 6) is -0.386. The van der Waals surface area contributed by atoms with Crippen molar-refractivity contribution >= 4 is 33.5 Å². The van der Waals surface area contributed by atoms with E-state index in [1.807, 2.05) is 6.92 Å². The zero-order valence-electron chi connectivity index (χ0n) is 7.59. The quantitative estimate of drug-likeness (QED) is 0.630. The lowest BCUT2D eigenvalue weighted by Crippen LogP contribution is -2.07. The van der Waals surface area contributed by atoms with E-state index in [1.54, 1.807) is 6.07 Å². The number of hydrogen-bond acceptors (Lipinski definition) is 3. The van der Waals surface area contributed by atoms with Gasteiger partial charge in [0.05, 0.1) is 16.6 Å². The third-order valence-corrected chi connectivity index (χ3v) is 2.82. The van der Waals surface area contributed by atoms with E-state index in [2.05, 4.69) is 20.9 Å². The third-order valence-electron chi connectivity index (χ3n) is 1.50. The molecule has 1 aromatic rings. The van der Waals surface area contributed by atoms with Crippen LogP contribution in [0.15, 0.2) is 16.7 Å². The van der Waals surface area contributed by atoms with Crippen molar-refractivity contribution in [2.24, 2.45) is 0 Å². The van der Waals surface area contributed by atoms with Gasteiger partial charge < -0.3 is 4.74 Å². The lowest BCUT2D eigenvalue weighted by Gasteiger charge is -2.05. The molecular formula is C9H9BrClNO2. The molecule has 0 aliphatic carbocycles. The van der Waals surface area contributed by atoms with Crippen molar-refractivity contribution in [2.75, 3.05) is 6.61 Å². The molecule has 3 nitrogen and oxygen atoms in total. The summed E-state index contributed by atoms with van der Waals surface area (Å²) in [6, 6.07) is 1.56. The topological polar surface area (TPSA) is 39.2 Å². The van der Waals surface area contributed by atoms with Crippen molar-refractivity contribution in [1.82, 2.24) is 4.98 Å². The molecule has 0 aliphatic rings. The van der Waals surface area contributed by atoms with Gasteiger partial charge in [0.1, 0.15) is 5.15 Å². The minimum absolute atomic E-state index is 0.260. The van der Waals surface area contributed by atoms with Crippen molar-refractivity contribution < 1.29 is 9.53 Å². The van der Waals surface area contributed by atoms with Crippen LogP contribution >= 0.6 is 27.5 Å². The highest BCUT2D eigenvalue weighted by Gasteiger charge is 2.13. The zero-order chi connectivity index (χ0) is 10.6. The Bertz CT molecular complexity index is 344. The average Bonchev–Trinajstić information content (AvgIpc) is 2.18. The van der Waals surface area contributed by atoms with Gasteiger partial charge in [0.15, 0.2) is 0 Å². The first-order valence-corrected chi connectivity index (χ1v) is 5.31. The van der Waals surface area contributed by atoms with Crippen LogP contribution in [0.25, 0.3) is 0 Å². The fourth-order valence-electron chi connectivity index (χ4n) is 0.848. The smallest absolute Gasteiger partial charge is 0.339 e. The molecule has 0 bridgehead atoms. The summed E-state index contributed by atoms with van der Waals surface area (Å²) in [7, 11) is 0. The van der Waals surface area contributed by atoms with E-state index in [4.69, 9.17) is 16.3 Å². The highest BCUT2D eigenvalue weighted by Crippen LogP contribution is 2.24. The number of nitrogens with zero attached hydrogens (tertiary/aromatic N) is 1. The largest absolute Gasteiger partial charge is 0.462 e. The Morgan fingerprint density at radius 1 is 1.71 bits per heavy atom. The first-order chi connectivity index (χ1) is 6.66. The Labute approximate surface area is 95.6 Å². The predicted octanol–water partition coefficient (Wildman–Crippen LogP) is 3.06. The van der Waals surface area contributed by atoms with E-state index in [1.165, 1.54) is 6.20 Å². The van der Waals surface area contributed by atoms with Crippen LogP contribution in [0.1, 0.15) is 23.7 Å². The number of ether oxygens (including phenoxy) is 1. The van der Waals surface area contributed by atoms with Crippen LogP contribution in [0.4, 0.5) is 0 Å².